The summed E-state index contributed by atoms with van der Waals surface area (Å²) in [5.41, 5.74) is 1.95. The van der Waals surface area contributed by atoms with Gasteiger partial charge in [-0.1, -0.05) is 36.9 Å². The quantitative estimate of drug-likeness (QED) is 0.264. The highest BCUT2D eigenvalue weighted by Crippen LogP contribution is 2.41. The molecule has 0 saturated carbocycles. The molecule has 1 aromatic heterocycles. The van der Waals surface area contributed by atoms with Crippen LogP contribution in [-0.4, -0.2) is 25.1 Å². The first-order chi connectivity index (χ1) is 17.5. The number of amides is 1. The predicted molar refractivity (Wildman–Crippen MR) is 136 cm³/mol. The van der Waals surface area contributed by atoms with Gasteiger partial charge in [-0.3, -0.25) is 14.5 Å². The Bertz CT molecular complexity index is 1520. The number of fused-ring (bicyclic) bond motifs is 2. The molecule has 180 valence electrons. The Kier molecular flexibility index (Phi) is 6.12. The van der Waals surface area contributed by atoms with Crippen LogP contribution in [0.2, 0.25) is 0 Å². The van der Waals surface area contributed by atoms with Gasteiger partial charge < -0.3 is 13.9 Å². The highest BCUT2D eigenvalue weighted by molar-refractivity contribution is 6.10. The zero-order valence-corrected chi connectivity index (χ0v) is 19.6. The number of carbonyl (C=O) groups excluding carboxylic acids is 2. The molecule has 36 heavy (non-hydrogen) atoms. The van der Waals surface area contributed by atoms with E-state index in [9.17, 15) is 14.4 Å². The van der Waals surface area contributed by atoms with Gasteiger partial charge in [-0.25, -0.2) is 4.79 Å². The van der Waals surface area contributed by atoms with Crippen molar-refractivity contribution in [1.29, 1.82) is 0 Å². The Labute approximate surface area is 207 Å². The Balaban J connectivity index is 1.65. The molecular formula is C29H23NO6. The second kappa shape index (κ2) is 9.54. The maximum absolute atomic E-state index is 13.7. The van der Waals surface area contributed by atoms with E-state index in [4.69, 9.17) is 13.9 Å². The molecular weight excluding hydrogens is 458 g/mol. The number of nitrogens with zero attached hydrogens (tertiary/aromatic N) is 1. The Morgan fingerprint density at radius 1 is 1.03 bits per heavy atom. The molecule has 5 rings (SSSR count). The monoisotopic (exact) mass is 481 g/mol. The third-order valence-electron chi connectivity index (χ3n) is 6.00. The highest BCUT2D eigenvalue weighted by atomic mass is 16.5. The number of ether oxygens (including phenoxy) is 2. The van der Waals surface area contributed by atoms with Crippen LogP contribution in [0.25, 0.3) is 11.0 Å². The third kappa shape index (κ3) is 3.94. The molecule has 1 atom stereocenters. The zero-order valence-electron chi connectivity index (χ0n) is 19.6. The SMILES string of the molecule is C=CCOc1ccc(C2c3c(oc4ccccc4c3=O)C(=O)N2c2ccc(C(=O)OCC)cc2)cc1. The minimum Gasteiger partial charge on any atom is -0.490 e. The summed E-state index contributed by atoms with van der Waals surface area (Å²) in [6.07, 6.45) is 1.65. The van der Waals surface area contributed by atoms with Crippen molar-refractivity contribution < 1.29 is 23.5 Å². The fraction of sp³-hybridized carbons (Fsp3) is 0.138. The van der Waals surface area contributed by atoms with Gasteiger partial charge in [0.05, 0.1) is 29.2 Å². The van der Waals surface area contributed by atoms with Crippen molar-refractivity contribution in [2.75, 3.05) is 18.1 Å². The summed E-state index contributed by atoms with van der Waals surface area (Å²) >= 11 is 0. The van der Waals surface area contributed by atoms with Gasteiger partial charge in [0.1, 0.15) is 17.9 Å². The number of para-hydroxylation sites is 1. The number of hydrogen-bond donors (Lipinski definition) is 0. The smallest absolute Gasteiger partial charge is 0.338 e. The number of rotatable bonds is 7. The predicted octanol–water partition coefficient (Wildman–Crippen LogP) is 5.28. The summed E-state index contributed by atoms with van der Waals surface area (Å²) < 4.78 is 16.6. The van der Waals surface area contributed by atoms with Crippen molar-refractivity contribution in [3.8, 4) is 5.75 Å². The van der Waals surface area contributed by atoms with E-state index in [0.29, 0.717) is 40.1 Å². The number of esters is 1. The lowest BCUT2D eigenvalue weighted by Gasteiger charge is -2.25. The Morgan fingerprint density at radius 2 is 1.75 bits per heavy atom. The number of anilines is 1. The van der Waals surface area contributed by atoms with Crippen molar-refractivity contribution in [3.05, 3.63) is 118 Å². The molecule has 7 nitrogen and oxygen atoms in total. The lowest BCUT2D eigenvalue weighted by atomic mass is 9.98. The molecule has 1 amide bonds. The average molecular weight is 482 g/mol. The maximum atomic E-state index is 13.7. The molecule has 4 aromatic rings. The average Bonchev–Trinajstić information content (AvgIpc) is 3.20. The molecule has 0 aliphatic carbocycles. The molecule has 0 spiro atoms. The van der Waals surface area contributed by atoms with E-state index in [1.54, 1.807) is 73.7 Å². The van der Waals surface area contributed by atoms with E-state index in [2.05, 4.69) is 6.58 Å². The lowest BCUT2D eigenvalue weighted by molar-refractivity contribution is 0.0526. The van der Waals surface area contributed by atoms with E-state index in [1.807, 2.05) is 12.1 Å². The van der Waals surface area contributed by atoms with E-state index < -0.39 is 17.9 Å². The second-order valence-electron chi connectivity index (χ2n) is 8.18. The molecule has 7 heteroatoms. The van der Waals surface area contributed by atoms with Crippen molar-refractivity contribution in [3.63, 3.8) is 0 Å². The van der Waals surface area contributed by atoms with Gasteiger partial charge in [-0.2, -0.15) is 0 Å². The van der Waals surface area contributed by atoms with Crippen molar-refractivity contribution in [2.24, 2.45) is 0 Å². The number of hydrogen-bond acceptors (Lipinski definition) is 6. The summed E-state index contributed by atoms with van der Waals surface area (Å²) in [6, 6.07) is 19.9. The summed E-state index contributed by atoms with van der Waals surface area (Å²) in [7, 11) is 0. The van der Waals surface area contributed by atoms with Gasteiger partial charge in [-0.05, 0) is 61.0 Å². The Morgan fingerprint density at radius 3 is 2.44 bits per heavy atom. The first kappa shape index (κ1) is 23.1. The normalized spacial score (nSPS) is 14.5. The van der Waals surface area contributed by atoms with Gasteiger partial charge in [0.2, 0.25) is 5.76 Å². The van der Waals surface area contributed by atoms with Crippen molar-refractivity contribution in [2.45, 2.75) is 13.0 Å². The van der Waals surface area contributed by atoms with Gasteiger partial charge >= 0.3 is 5.97 Å². The molecule has 1 aliphatic heterocycles. The molecule has 1 aliphatic rings. The van der Waals surface area contributed by atoms with Gasteiger partial charge in [-0.15, -0.1) is 0 Å². The molecule has 0 saturated heterocycles. The second-order valence-corrected chi connectivity index (χ2v) is 8.18. The number of benzene rings is 3. The fourth-order valence-electron chi connectivity index (χ4n) is 4.38. The van der Waals surface area contributed by atoms with Crippen LogP contribution >= 0.6 is 0 Å². The summed E-state index contributed by atoms with van der Waals surface area (Å²) in [5.74, 6) is -0.243. The summed E-state index contributed by atoms with van der Waals surface area (Å²) in [4.78, 5) is 40.9. The van der Waals surface area contributed by atoms with Crippen LogP contribution in [0.3, 0.4) is 0 Å². The van der Waals surface area contributed by atoms with E-state index in [0.717, 1.165) is 0 Å². The molecule has 0 radical (unpaired) electrons. The molecule has 0 bridgehead atoms. The zero-order chi connectivity index (χ0) is 25.2. The van der Waals surface area contributed by atoms with Crippen LogP contribution < -0.4 is 15.1 Å². The van der Waals surface area contributed by atoms with E-state index in [1.165, 1.54) is 4.90 Å². The minimum absolute atomic E-state index is 0.00477. The topological polar surface area (TPSA) is 86.0 Å². The van der Waals surface area contributed by atoms with Crippen molar-refractivity contribution in [1.82, 2.24) is 0 Å². The van der Waals surface area contributed by atoms with Gasteiger partial charge in [0.15, 0.2) is 5.43 Å². The summed E-state index contributed by atoms with van der Waals surface area (Å²) in [6.45, 7) is 6.01. The lowest BCUT2D eigenvalue weighted by Crippen LogP contribution is -2.29. The van der Waals surface area contributed by atoms with Crippen LogP contribution in [0.1, 0.15) is 45.0 Å². The minimum atomic E-state index is -0.727. The van der Waals surface area contributed by atoms with Gasteiger partial charge in [0.25, 0.3) is 5.91 Å². The van der Waals surface area contributed by atoms with E-state index >= 15 is 0 Å². The fourth-order valence-corrected chi connectivity index (χ4v) is 4.38. The molecule has 3 aromatic carbocycles. The van der Waals surface area contributed by atoms with Crippen LogP contribution in [-0.2, 0) is 4.74 Å². The van der Waals surface area contributed by atoms with Crippen LogP contribution in [0.4, 0.5) is 5.69 Å². The van der Waals surface area contributed by atoms with Crippen molar-refractivity contribution >= 4 is 28.5 Å². The largest absolute Gasteiger partial charge is 0.490 e. The third-order valence-corrected chi connectivity index (χ3v) is 6.00. The Hall–Kier alpha value is -4.65. The molecule has 1 unspecified atom stereocenters. The maximum Gasteiger partial charge on any atom is 0.338 e. The molecule has 2 heterocycles. The van der Waals surface area contributed by atoms with Crippen LogP contribution in [0.15, 0.2) is 94.7 Å². The summed E-state index contributed by atoms with van der Waals surface area (Å²) in [5, 5.41) is 0.402. The number of carbonyl (C=O) groups is 2. The molecule has 0 N–H and O–H groups in total. The standard InChI is InChI=1S/C29H23NO6/c1-3-17-35-21-15-11-18(12-16-21)25-24-26(31)22-7-5-6-8-23(22)36-27(24)28(32)30(25)20-13-9-19(10-14-20)29(33)34-4-2/h3,5-16,25H,1,4,17H2,2H3. The van der Waals surface area contributed by atoms with E-state index in [-0.39, 0.29) is 23.4 Å². The van der Waals surface area contributed by atoms with Crippen LogP contribution in [0, 0.1) is 0 Å². The first-order valence-electron chi connectivity index (χ1n) is 11.5. The van der Waals surface area contributed by atoms with Crippen LogP contribution in [0.5, 0.6) is 5.75 Å². The first-order valence-corrected chi connectivity index (χ1v) is 11.5. The highest BCUT2D eigenvalue weighted by Gasteiger charge is 2.43. The van der Waals surface area contributed by atoms with Gasteiger partial charge in [0, 0.05) is 5.69 Å². The molecule has 0 fully saturated rings.